The topological polar surface area (TPSA) is 90.3 Å². The van der Waals surface area contributed by atoms with Crippen molar-refractivity contribution in [2.24, 2.45) is 12.5 Å². The van der Waals surface area contributed by atoms with Crippen molar-refractivity contribution >= 4 is 22.6 Å². The van der Waals surface area contributed by atoms with Gasteiger partial charge >= 0.3 is 5.97 Å². The van der Waals surface area contributed by atoms with Gasteiger partial charge in [0.25, 0.3) is 5.56 Å². The molecule has 0 radical (unpaired) electrons. The molecule has 0 aliphatic heterocycles. The Morgan fingerprint density at radius 2 is 1.96 bits per heavy atom. The van der Waals surface area contributed by atoms with Crippen LogP contribution < -0.4 is 10.9 Å². The Kier molecular flexibility index (Phi) is 4.09. The number of methoxy groups -OCH3 is 1. The summed E-state index contributed by atoms with van der Waals surface area (Å²) in [5.74, 6) is -0.519. The Morgan fingerprint density at radius 1 is 1.29 bits per heavy atom. The molecule has 1 aliphatic carbocycles. The van der Waals surface area contributed by atoms with Gasteiger partial charge in [-0.2, -0.15) is 5.10 Å². The highest BCUT2D eigenvalue weighted by Crippen LogP contribution is 2.46. The van der Waals surface area contributed by atoms with E-state index in [0.29, 0.717) is 16.5 Å². The second-order valence-electron chi connectivity index (χ2n) is 6.15. The molecule has 1 N–H and O–H groups in total. The number of fused-ring (bicyclic) bond motifs is 1. The van der Waals surface area contributed by atoms with Gasteiger partial charge in [0.05, 0.1) is 30.0 Å². The first kappa shape index (κ1) is 16.2. The van der Waals surface area contributed by atoms with Crippen molar-refractivity contribution in [3.63, 3.8) is 0 Å². The zero-order valence-corrected chi connectivity index (χ0v) is 13.7. The number of nitrogens with one attached hydrogen (secondary N) is 1. The predicted octanol–water partition coefficient (Wildman–Crippen LogP) is 0.545. The van der Waals surface area contributed by atoms with E-state index in [-0.39, 0.29) is 30.4 Å². The lowest BCUT2D eigenvalue weighted by atomic mass is 10.1. The van der Waals surface area contributed by atoms with Crippen molar-refractivity contribution in [1.29, 1.82) is 0 Å². The molecule has 7 heteroatoms. The summed E-state index contributed by atoms with van der Waals surface area (Å²) in [6, 6.07) is 7.09. The zero-order valence-electron chi connectivity index (χ0n) is 13.7. The van der Waals surface area contributed by atoms with E-state index in [1.807, 2.05) is 0 Å². The minimum absolute atomic E-state index is 0.0475. The van der Waals surface area contributed by atoms with Crippen molar-refractivity contribution in [3.05, 3.63) is 40.3 Å². The fourth-order valence-corrected chi connectivity index (χ4v) is 2.81. The van der Waals surface area contributed by atoms with Crippen LogP contribution in [0.5, 0.6) is 0 Å². The molecule has 1 aliphatic rings. The largest absolute Gasteiger partial charge is 0.469 e. The van der Waals surface area contributed by atoms with Crippen LogP contribution in [0.2, 0.25) is 0 Å². The molecule has 1 aromatic heterocycles. The standard InChI is InChI=1S/C17H19N3O4/c1-20-15(22)12-6-4-3-5-11(12)13(19-20)9-14(21)18-10-17(7-8-17)16(23)24-2/h3-6H,7-10H2,1-2H3,(H,18,21). The lowest BCUT2D eigenvalue weighted by Gasteiger charge is -2.14. The van der Waals surface area contributed by atoms with Gasteiger partial charge in [-0.25, -0.2) is 4.68 Å². The van der Waals surface area contributed by atoms with Gasteiger partial charge in [0.15, 0.2) is 0 Å². The molecule has 2 aromatic rings. The van der Waals surface area contributed by atoms with Gasteiger partial charge < -0.3 is 10.1 Å². The minimum Gasteiger partial charge on any atom is -0.469 e. The highest BCUT2D eigenvalue weighted by Gasteiger charge is 2.51. The van der Waals surface area contributed by atoms with Crippen LogP contribution >= 0.6 is 0 Å². The summed E-state index contributed by atoms with van der Waals surface area (Å²) in [4.78, 5) is 36.0. The zero-order chi connectivity index (χ0) is 17.3. The van der Waals surface area contributed by atoms with E-state index < -0.39 is 5.41 Å². The molecule has 1 heterocycles. The number of aryl methyl sites for hydroxylation is 1. The first-order chi connectivity index (χ1) is 11.5. The molecule has 1 saturated carbocycles. The third-order valence-corrected chi connectivity index (χ3v) is 4.46. The summed E-state index contributed by atoms with van der Waals surface area (Å²) in [6.07, 6.45) is 1.49. The Bertz CT molecular complexity index is 868. The van der Waals surface area contributed by atoms with Crippen LogP contribution in [0, 0.1) is 5.41 Å². The third kappa shape index (κ3) is 2.89. The smallest absolute Gasteiger partial charge is 0.313 e. The summed E-state index contributed by atoms with van der Waals surface area (Å²) in [7, 11) is 2.91. The number of hydrogen-bond acceptors (Lipinski definition) is 5. The molecular formula is C17H19N3O4. The fraction of sp³-hybridized carbons (Fsp3) is 0.412. The highest BCUT2D eigenvalue weighted by molar-refractivity contribution is 5.88. The molecule has 0 spiro atoms. The van der Waals surface area contributed by atoms with Crippen LogP contribution in [0.4, 0.5) is 0 Å². The van der Waals surface area contributed by atoms with E-state index in [9.17, 15) is 14.4 Å². The summed E-state index contributed by atoms with van der Waals surface area (Å²) in [5, 5.41) is 8.19. The first-order valence-electron chi connectivity index (χ1n) is 7.77. The fourth-order valence-electron chi connectivity index (χ4n) is 2.81. The van der Waals surface area contributed by atoms with E-state index in [2.05, 4.69) is 10.4 Å². The molecule has 1 aromatic carbocycles. The molecule has 0 bridgehead atoms. The molecule has 126 valence electrons. The van der Waals surface area contributed by atoms with Gasteiger partial charge in [-0.05, 0) is 18.9 Å². The Labute approximate surface area is 138 Å². The quantitative estimate of drug-likeness (QED) is 0.809. The van der Waals surface area contributed by atoms with E-state index in [1.165, 1.54) is 11.8 Å². The lowest BCUT2D eigenvalue weighted by Crippen LogP contribution is -2.36. The van der Waals surface area contributed by atoms with Gasteiger partial charge in [-0.1, -0.05) is 18.2 Å². The van der Waals surface area contributed by atoms with Gasteiger partial charge in [-0.15, -0.1) is 0 Å². The molecule has 0 unspecified atom stereocenters. The molecule has 3 rings (SSSR count). The molecule has 0 atom stereocenters. The molecular weight excluding hydrogens is 310 g/mol. The van der Waals surface area contributed by atoms with E-state index in [4.69, 9.17) is 4.74 Å². The molecule has 24 heavy (non-hydrogen) atoms. The van der Waals surface area contributed by atoms with Crippen LogP contribution in [-0.2, 0) is 27.8 Å². The molecule has 7 nitrogen and oxygen atoms in total. The van der Waals surface area contributed by atoms with Crippen LogP contribution in [0.25, 0.3) is 10.8 Å². The monoisotopic (exact) mass is 329 g/mol. The Morgan fingerprint density at radius 3 is 2.58 bits per heavy atom. The van der Waals surface area contributed by atoms with Crippen molar-refractivity contribution in [2.45, 2.75) is 19.3 Å². The van der Waals surface area contributed by atoms with Crippen LogP contribution in [0.1, 0.15) is 18.5 Å². The SMILES string of the molecule is COC(=O)C1(CNC(=O)Cc2nn(C)c(=O)c3ccccc23)CC1. The average molecular weight is 329 g/mol. The van der Waals surface area contributed by atoms with Crippen molar-refractivity contribution in [2.75, 3.05) is 13.7 Å². The normalized spacial score (nSPS) is 15.1. The summed E-state index contributed by atoms with van der Waals surface area (Å²) in [5.41, 5.74) is -0.228. The first-order valence-corrected chi connectivity index (χ1v) is 7.77. The minimum atomic E-state index is -0.566. The number of nitrogens with zero attached hydrogens (tertiary/aromatic N) is 2. The third-order valence-electron chi connectivity index (χ3n) is 4.46. The predicted molar refractivity (Wildman–Crippen MR) is 87.4 cm³/mol. The number of aromatic nitrogens is 2. The van der Waals surface area contributed by atoms with Crippen LogP contribution in [0.3, 0.4) is 0 Å². The number of esters is 1. The number of hydrogen-bond donors (Lipinski definition) is 1. The maximum atomic E-state index is 12.2. The summed E-state index contributed by atoms with van der Waals surface area (Å²) >= 11 is 0. The van der Waals surface area contributed by atoms with Crippen molar-refractivity contribution < 1.29 is 14.3 Å². The maximum Gasteiger partial charge on any atom is 0.313 e. The lowest BCUT2D eigenvalue weighted by molar-refractivity contribution is -0.147. The molecule has 0 saturated heterocycles. The second kappa shape index (κ2) is 6.07. The molecule has 1 fully saturated rings. The van der Waals surface area contributed by atoms with Gasteiger partial charge in [0, 0.05) is 19.0 Å². The van der Waals surface area contributed by atoms with E-state index >= 15 is 0 Å². The van der Waals surface area contributed by atoms with Gasteiger partial charge in [-0.3, -0.25) is 14.4 Å². The van der Waals surface area contributed by atoms with Gasteiger partial charge in [0.1, 0.15) is 0 Å². The number of carbonyl (C=O) groups excluding carboxylic acids is 2. The average Bonchev–Trinajstić information content (AvgIpc) is 3.38. The second-order valence-corrected chi connectivity index (χ2v) is 6.15. The van der Waals surface area contributed by atoms with E-state index in [0.717, 1.165) is 12.8 Å². The Hall–Kier alpha value is -2.70. The van der Waals surface area contributed by atoms with E-state index in [1.54, 1.807) is 31.3 Å². The number of amides is 1. The summed E-state index contributed by atoms with van der Waals surface area (Å²) < 4.78 is 6.01. The van der Waals surface area contributed by atoms with Crippen LogP contribution in [0.15, 0.2) is 29.1 Å². The Balaban J connectivity index is 1.76. The molecule has 1 amide bonds. The van der Waals surface area contributed by atoms with Gasteiger partial charge in [0.2, 0.25) is 5.91 Å². The number of carbonyl (C=O) groups is 2. The highest BCUT2D eigenvalue weighted by atomic mass is 16.5. The maximum absolute atomic E-state index is 12.2. The van der Waals surface area contributed by atoms with Crippen molar-refractivity contribution in [1.82, 2.24) is 15.1 Å². The number of ether oxygens (including phenoxy) is 1. The van der Waals surface area contributed by atoms with Crippen LogP contribution in [-0.4, -0.2) is 35.3 Å². The number of benzene rings is 1. The number of rotatable bonds is 5. The van der Waals surface area contributed by atoms with Crippen molar-refractivity contribution in [3.8, 4) is 0 Å². The summed E-state index contributed by atoms with van der Waals surface area (Å²) in [6.45, 7) is 0.266.